The van der Waals surface area contributed by atoms with Crippen LogP contribution in [0.25, 0.3) is 0 Å². The largest absolute Gasteiger partial charge is 0.401 e. The van der Waals surface area contributed by atoms with Gasteiger partial charge in [-0.15, -0.1) is 0 Å². The molecular formula is C11H23F3N2. The van der Waals surface area contributed by atoms with E-state index in [9.17, 15) is 13.2 Å². The van der Waals surface area contributed by atoms with E-state index in [0.29, 0.717) is 13.1 Å². The quantitative estimate of drug-likeness (QED) is 0.718. The minimum atomic E-state index is -4.09. The molecule has 0 amide bonds. The number of nitrogens with one attached hydrogen (secondary N) is 1. The van der Waals surface area contributed by atoms with Crippen molar-refractivity contribution >= 4 is 0 Å². The Kier molecular flexibility index (Phi) is 6.33. The van der Waals surface area contributed by atoms with Gasteiger partial charge in [0.25, 0.3) is 0 Å². The summed E-state index contributed by atoms with van der Waals surface area (Å²) in [5, 5.41) is 3.26. The van der Waals surface area contributed by atoms with Crippen molar-refractivity contribution in [2.24, 2.45) is 0 Å². The maximum atomic E-state index is 12.1. The van der Waals surface area contributed by atoms with E-state index < -0.39 is 12.7 Å². The molecule has 2 nitrogen and oxygen atoms in total. The van der Waals surface area contributed by atoms with Crippen molar-refractivity contribution in [1.29, 1.82) is 0 Å². The molecule has 0 saturated carbocycles. The molecule has 0 radical (unpaired) electrons. The Hall–Kier alpha value is -0.290. The van der Waals surface area contributed by atoms with Gasteiger partial charge in [-0.2, -0.15) is 13.2 Å². The van der Waals surface area contributed by atoms with E-state index >= 15 is 0 Å². The van der Waals surface area contributed by atoms with Crippen LogP contribution in [0.2, 0.25) is 0 Å². The molecule has 16 heavy (non-hydrogen) atoms. The predicted octanol–water partition coefficient (Wildman–Crippen LogP) is 2.65. The van der Waals surface area contributed by atoms with Gasteiger partial charge in [-0.25, -0.2) is 0 Å². The van der Waals surface area contributed by atoms with Crippen molar-refractivity contribution in [3.63, 3.8) is 0 Å². The summed E-state index contributed by atoms with van der Waals surface area (Å²) in [7, 11) is 0. The molecule has 0 rings (SSSR count). The monoisotopic (exact) mass is 240 g/mol. The second-order valence-electron chi connectivity index (χ2n) is 5.01. The van der Waals surface area contributed by atoms with Crippen molar-refractivity contribution in [3.05, 3.63) is 0 Å². The lowest BCUT2D eigenvalue weighted by Gasteiger charge is -2.24. The van der Waals surface area contributed by atoms with Gasteiger partial charge < -0.3 is 5.32 Å². The van der Waals surface area contributed by atoms with E-state index in [1.807, 2.05) is 20.8 Å². The van der Waals surface area contributed by atoms with Gasteiger partial charge in [0.2, 0.25) is 0 Å². The topological polar surface area (TPSA) is 15.3 Å². The Morgan fingerprint density at radius 1 is 1.12 bits per heavy atom. The summed E-state index contributed by atoms with van der Waals surface area (Å²) in [4.78, 5) is 1.42. The number of alkyl halides is 3. The highest BCUT2D eigenvalue weighted by atomic mass is 19.4. The lowest BCUT2D eigenvalue weighted by molar-refractivity contribution is -0.145. The van der Waals surface area contributed by atoms with E-state index in [-0.39, 0.29) is 5.54 Å². The molecule has 1 N–H and O–H groups in total. The Morgan fingerprint density at radius 2 is 1.69 bits per heavy atom. The van der Waals surface area contributed by atoms with Gasteiger partial charge in [-0.05, 0) is 46.8 Å². The number of halogens is 3. The molecule has 98 valence electrons. The van der Waals surface area contributed by atoms with E-state index in [4.69, 9.17) is 0 Å². The first-order chi connectivity index (χ1) is 7.14. The fraction of sp³-hybridized carbons (Fsp3) is 1.00. The Morgan fingerprint density at radius 3 is 2.06 bits per heavy atom. The third-order valence-corrected chi connectivity index (χ3v) is 2.16. The fourth-order valence-electron chi connectivity index (χ4n) is 1.37. The molecule has 0 atom stereocenters. The second kappa shape index (κ2) is 6.45. The highest BCUT2D eigenvalue weighted by molar-refractivity contribution is 4.70. The van der Waals surface area contributed by atoms with Crippen molar-refractivity contribution in [2.45, 2.75) is 45.8 Å². The minimum Gasteiger partial charge on any atom is -0.312 e. The fourth-order valence-corrected chi connectivity index (χ4v) is 1.37. The van der Waals surface area contributed by atoms with Gasteiger partial charge in [-0.1, -0.05) is 6.92 Å². The summed E-state index contributed by atoms with van der Waals surface area (Å²) in [5.74, 6) is 0. The highest BCUT2D eigenvalue weighted by Gasteiger charge is 2.29. The molecule has 0 unspecified atom stereocenters. The summed E-state index contributed by atoms with van der Waals surface area (Å²) in [6.07, 6.45) is -3.35. The first kappa shape index (κ1) is 15.7. The van der Waals surface area contributed by atoms with Crippen molar-refractivity contribution < 1.29 is 13.2 Å². The molecule has 5 heteroatoms. The third kappa shape index (κ3) is 10.2. The summed E-state index contributed by atoms with van der Waals surface area (Å²) >= 11 is 0. The van der Waals surface area contributed by atoms with Crippen LogP contribution in [0.1, 0.15) is 34.1 Å². The first-order valence-corrected chi connectivity index (χ1v) is 5.68. The van der Waals surface area contributed by atoms with Crippen LogP contribution in [0.5, 0.6) is 0 Å². The molecule has 0 aliphatic carbocycles. The van der Waals surface area contributed by atoms with Gasteiger partial charge in [0.05, 0.1) is 6.54 Å². The standard InChI is InChI=1S/C11H23F3N2/c1-5-16(9-11(12,13)14)8-6-7-15-10(2,3)4/h15H,5-9H2,1-4H3. The van der Waals surface area contributed by atoms with Gasteiger partial charge in [0.15, 0.2) is 0 Å². The molecule has 0 aliphatic heterocycles. The van der Waals surface area contributed by atoms with Crippen LogP contribution in [-0.2, 0) is 0 Å². The summed E-state index contributed by atoms with van der Waals surface area (Å²) in [6, 6.07) is 0. The minimum absolute atomic E-state index is 0.0288. The SMILES string of the molecule is CCN(CCCNC(C)(C)C)CC(F)(F)F. The zero-order chi connectivity index (χ0) is 12.8. The van der Waals surface area contributed by atoms with E-state index in [1.54, 1.807) is 6.92 Å². The molecule has 0 fully saturated rings. The molecule has 0 aromatic carbocycles. The summed E-state index contributed by atoms with van der Waals surface area (Å²) in [5.41, 5.74) is 0.0288. The van der Waals surface area contributed by atoms with E-state index in [1.165, 1.54) is 4.90 Å². The van der Waals surface area contributed by atoms with Crippen molar-refractivity contribution in [1.82, 2.24) is 10.2 Å². The molecule has 0 aromatic rings. The van der Waals surface area contributed by atoms with Gasteiger partial charge in [-0.3, -0.25) is 4.90 Å². The Bertz CT molecular complexity index is 185. The molecular weight excluding hydrogens is 217 g/mol. The summed E-state index contributed by atoms with van der Waals surface area (Å²) < 4.78 is 36.4. The lowest BCUT2D eigenvalue weighted by atomic mass is 10.1. The van der Waals surface area contributed by atoms with Crippen LogP contribution in [0.15, 0.2) is 0 Å². The van der Waals surface area contributed by atoms with Crippen LogP contribution in [0.3, 0.4) is 0 Å². The molecule has 0 heterocycles. The maximum absolute atomic E-state index is 12.1. The molecule has 0 spiro atoms. The normalized spacial score (nSPS) is 13.5. The Balaban J connectivity index is 3.72. The number of rotatable bonds is 6. The van der Waals surface area contributed by atoms with Gasteiger partial charge in [0, 0.05) is 5.54 Å². The van der Waals surface area contributed by atoms with Crippen LogP contribution in [0, 0.1) is 0 Å². The van der Waals surface area contributed by atoms with Crippen LogP contribution in [-0.4, -0.2) is 42.8 Å². The highest BCUT2D eigenvalue weighted by Crippen LogP contribution is 2.16. The predicted molar refractivity (Wildman–Crippen MR) is 60.5 cm³/mol. The van der Waals surface area contributed by atoms with Crippen molar-refractivity contribution in [2.75, 3.05) is 26.2 Å². The van der Waals surface area contributed by atoms with Crippen LogP contribution >= 0.6 is 0 Å². The average molecular weight is 240 g/mol. The van der Waals surface area contributed by atoms with Crippen molar-refractivity contribution in [3.8, 4) is 0 Å². The number of hydrogen-bond acceptors (Lipinski definition) is 2. The van der Waals surface area contributed by atoms with Crippen LogP contribution in [0.4, 0.5) is 13.2 Å². The maximum Gasteiger partial charge on any atom is 0.401 e. The summed E-state index contributed by atoms with van der Waals surface area (Å²) in [6.45, 7) is 8.74. The zero-order valence-electron chi connectivity index (χ0n) is 10.6. The smallest absolute Gasteiger partial charge is 0.312 e. The van der Waals surface area contributed by atoms with E-state index in [0.717, 1.165) is 13.0 Å². The lowest BCUT2D eigenvalue weighted by Crippen LogP contribution is -2.39. The Labute approximate surface area is 96.2 Å². The molecule has 0 aliphatic rings. The average Bonchev–Trinajstić information content (AvgIpc) is 2.06. The number of nitrogens with zero attached hydrogens (tertiary/aromatic N) is 1. The zero-order valence-corrected chi connectivity index (χ0v) is 10.6. The third-order valence-electron chi connectivity index (χ3n) is 2.16. The van der Waals surface area contributed by atoms with Crippen LogP contribution < -0.4 is 5.32 Å². The number of hydrogen-bond donors (Lipinski definition) is 1. The molecule has 0 saturated heterocycles. The first-order valence-electron chi connectivity index (χ1n) is 5.68. The molecule has 0 bridgehead atoms. The van der Waals surface area contributed by atoms with E-state index in [2.05, 4.69) is 5.32 Å². The van der Waals surface area contributed by atoms with Gasteiger partial charge in [0.1, 0.15) is 0 Å². The molecule has 0 aromatic heterocycles. The van der Waals surface area contributed by atoms with Gasteiger partial charge >= 0.3 is 6.18 Å². The second-order valence-corrected chi connectivity index (χ2v) is 5.01.